The van der Waals surface area contributed by atoms with Crippen LogP contribution in [0.4, 0.5) is 0 Å². The SMILES string of the molecule is CCNC1CC(C)CCO1. The molecule has 2 heteroatoms. The molecule has 1 aliphatic rings. The summed E-state index contributed by atoms with van der Waals surface area (Å²) in [5.74, 6) is 0.831. The van der Waals surface area contributed by atoms with Gasteiger partial charge in [-0.1, -0.05) is 13.8 Å². The first-order chi connectivity index (χ1) is 4.83. The molecular weight excluding hydrogens is 126 g/mol. The molecule has 0 saturated carbocycles. The molecule has 0 aromatic heterocycles. The smallest absolute Gasteiger partial charge is 0.108 e. The van der Waals surface area contributed by atoms with Crippen LogP contribution in [0, 0.1) is 5.92 Å². The predicted octanol–water partition coefficient (Wildman–Crippen LogP) is 1.37. The summed E-state index contributed by atoms with van der Waals surface area (Å²) in [7, 11) is 0. The molecule has 2 unspecified atom stereocenters. The van der Waals surface area contributed by atoms with E-state index in [1.807, 2.05) is 0 Å². The Morgan fingerprint density at radius 3 is 3.00 bits per heavy atom. The van der Waals surface area contributed by atoms with Crippen molar-refractivity contribution in [1.82, 2.24) is 5.32 Å². The molecule has 2 nitrogen and oxygen atoms in total. The van der Waals surface area contributed by atoms with Gasteiger partial charge in [0.15, 0.2) is 0 Å². The Morgan fingerprint density at radius 2 is 2.40 bits per heavy atom. The largest absolute Gasteiger partial charge is 0.363 e. The van der Waals surface area contributed by atoms with Crippen molar-refractivity contribution in [1.29, 1.82) is 0 Å². The van der Waals surface area contributed by atoms with Crippen LogP contribution in [0.3, 0.4) is 0 Å². The zero-order valence-electron chi connectivity index (χ0n) is 6.89. The van der Waals surface area contributed by atoms with Gasteiger partial charge in [0, 0.05) is 6.61 Å². The Hall–Kier alpha value is -0.0800. The van der Waals surface area contributed by atoms with Crippen LogP contribution in [-0.4, -0.2) is 19.4 Å². The third-order valence-electron chi connectivity index (χ3n) is 1.98. The summed E-state index contributed by atoms with van der Waals surface area (Å²) in [4.78, 5) is 0. The molecule has 1 rings (SSSR count). The molecule has 0 aromatic rings. The highest BCUT2D eigenvalue weighted by molar-refractivity contribution is 4.65. The van der Waals surface area contributed by atoms with E-state index >= 15 is 0 Å². The maximum Gasteiger partial charge on any atom is 0.108 e. The molecule has 10 heavy (non-hydrogen) atoms. The molecule has 1 fully saturated rings. The highest BCUT2D eigenvalue weighted by atomic mass is 16.5. The first kappa shape index (κ1) is 8.02. The van der Waals surface area contributed by atoms with Crippen LogP contribution in [0.5, 0.6) is 0 Å². The molecular formula is C8H17NO. The minimum Gasteiger partial charge on any atom is -0.363 e. The molecule has 1 saturated heterocycles. The monoisotopic (exact) mass is 143 g/mol. The minimum absolute atomic E-state index is 0.328. The lowest BCUT2D eigenvalue weighted by Gasteiger charge is -2.27. The average molecular weight is 143 g/mol. The molecule has 0 aliphatic carbocycles. The zero-order valence-corrected chi connectivity index (χ0v) is 6.89. The number of hydrogen-bond acceptors (Lipinski definition) is 2. The standard InChI is InChI=1S/C8H17NO/c1-3-9-8-6-7(2)4-5-10-8/h7-9H,3-6H2,1-2H3. The Morgan fingerprint density at radius 1 is 1.60 bits per heavy atom. The van der Waals surface area contributed by atoms with Gasteiger partial charge in [-0.25, -0.2) is 0 Å². The first-order valence-corrected chi connectivity index (χ1v) is 4.18. The van der Waals surface area contributed by atoms with Gasteiger partial charge in [-0.15, -0.1) is 0 Å². The van der Waals surface area contributed by atoms with Crippen molar-refractivity contribution in [3.05, 3.63) is 0 Å². The predicted molar refractivity (Wildman–Crippen MR) is 41.8 cm³/mol. The number of nitrogens with one attached hydrogen (secondary N) is 1. The summed E-state index contributed by atoms with van der Waals surface area (Å²) in [5, 5.41) is 3.29. The first-order valence-electron chi connectivity index (χ1n) is 4.18. The maximum absolute atomic E-state index is 5.48. The van der Waals surface area contributed by atoms with Gasteiger partial charge in [-0.3, -0.25) is 5.32 Å². The van der Waals surface area contributed by atoms with Crippen molar-refractivity contribution in [3.63, 3.8) is 0 Å². The van der Waals surface area contributed by atoms with Gasteiger partial charge >= 0.3 is 0 Å². The summed E-state index contributed by atoms with van der Waals surface area (Å²) in [6, 6.07) is 0. The van der Waals surface area contributed by atoms with Crippen LogP contribution in [0.25, 0.3) is 0 Å². The molecule has 60 valence electrons. The summed E-state index contributed by atoms with van der Waals surface area (Å²) >= 11 is 0. The molecule has 0 amide bonds. The van der Waals surface area contributed by atoms with E-state index in [1.165, 1.54) is 12.8 Å². The topological polar surface area (TPSA) is 21.3 Å². The molecule has 0 spiro atoms. The van der Waals surface area contributed by atoms with Gasteiger partial charge < -0.3 is 4.74 Å². The van der Waals surface area contributed by atoms with Crippen molar-refractivity contribution in [2.24, 2.45) is 5.92 Å². The van der Waals surface area contributed by atoms with E-state index < -0.39 is 0 Å². The Balaban J connectivity index is 2.18. The zero-order chi connectivity index (χ0) is 7.40. The van der Waals surface area contributed by atoms with Crippen molar-refractivity contribution in [3.8, 4) is 0 Å². The molecule has 1 aliphatic heterocycles. The molecule has 0 bridgehead atoms. The molecule has 0 aromatic carbocycles. The van der Waals surface area contributed by atoms with Crippen molar-refractivity contribution < 1.29 is 4.74 Å². The van der Waals surface area contributed by atoms with Crippen LogP contribution in [0.15, 0.2) is 0 Å². The molecule has 0 radical (unpaired) electrons. The van der Waals surface area contributed by atoms with Crippen molar-refractivity contribution >= 4 is 0 Å². The van der Waals surface area contributed by atoms with Crippen molar-refractivity contribution in [2.75, 3.05) is 13.2 Å². The summed E-state index contributed by atoms with van der Waals surface area (Å²) in [6.45, 7) is 6.34. The second-order valence-electron chi connectivity index (χ2n) is 3.05. The lowest BCUT2D eigenvalue weighted by atomic mass is 10.0. The normalized spacial score (nSPS) is 34.2. The average Bonchev–Trinajstić information content (AvgIpc) is 1.88. The van der Waals surface area contributed by atoms with E-state index in [4.69, 9.17) is 4.74 Å². The minimum atomic E-state index is 0.328. The van der Waals surface area contributed by atoms with Gasteiger partial charge in [0.2, 0.25) is 0 Å². The Bertz CT molecular complexity index is 93.3. The van der Waals surface area contributed by atoms with E-state index in [0.717, 1.165) is 19.1 Å². The van der Waals surface area contributed by atoms with Crippen LogP contribution in [0.1, 0.15) is 26.7 Å². The highest BCUT2D eigenvalue weighted by Crippen LogP contribution is 2.17. The van der Waals surface area contributed by atoms with Crippen LogP contribution >= 0.6 is 0 Å². The van der Waals surface area contributed by atoms with E-state index in [0.29, 0.717) is 6.23 Å². The van der Waals surface area contributed by atoms with E-state index in [2.05, 4.69) is 19.2 Å². The molecule has 2 atom stereocenters. The fraction of sp³-hybridized carbons (Fsp3) is 1.00. The van der Waals surface area contributed by atoms with Crippen LogP contribution in [0.2, 0.25) is 0 Å². The van der Waals surface area contributed by atoms with Gasteiger partial charge in [0.1, 0.15) is 6.23 Å². The van der Waals surface area contributed by atoms with Crippen LogP contribution in [-0.2, 0) is 4.74 Å². The number of rotatable bonds is 2. The van der Waals surface area contributed by atoms with E-state index in [9.17, 15) is 0 Å². The second-order valence-corrected chi connectivity index (χ2v) is 3.05. The van der Waals surface area contributed by atoms with Gasteiger partial charge in [0.25, 0.3) is 0 Å². The molecule has 1 heterocycles. The summed E-state index contributed by atoms with van der Waals surface area (Å²) < 4.78 is 5.48. The van der Waals surface area contributed by atoms with E-state index in [-0.39, 0.29) is 0 Å². The van der Waals surface area contributed by atoms with E-state index in [1.54, 1.807) is 0 Å². The summed E-state index contributed by atoms with van der Waals surface area (Å²) in [6.07, 6.45) is 2.73. The lowest BCUT2D eigenvalue weighted by molar-refractivity contribution is -0.0235. The maximum atomic E-state index is 5.48. The Labute approximate surface area is 63.0 Å². The fourth-order valence-corrected chi connectivity index (χ4v) is 1.33. The van der Waals surface area contributed by atoms with Crippen LogP contribution < -0.4 is 5.32 Å². The highest BCUT2D eigenvalue weighted by Gasteiger charge is 2.17. The summed E-state index contributed by atoms with van der Waals surface area (Å²) in [5.41, 5.74) is 0. The lowest BCUT2D eigenvalue weighted by Crippen LogP contribution is -2.36. The Kier molecular flexibility index (Phi) is 3.16. The second kappa shape index (κ2) is 3.94. The third kappa shape index (κ3) is 2.27. The van der Waals surface area contributed by atoms with Gasteiger partial charge in [-0.05, 0) is 25.3 Å². The molecule has 1 N–H and O–H groups in total. The van der Waals surface area contributed by atoms with Gasteiger partial charge in [-0.2, -0.15) is 0 Å². The van der Waals surface area contributed by atoms with Crippen molar-refractivity contribution in [2.45, 2.75) is 32.9 Å². The van der Waals surface area contributed by atoms with Gasteiger partial charge in [0.05, 0.1) is 0 Å². The fourth-order valence-electron chi connectivity index (χ4n) is 1.33. The number of ether oxygens (including phenoxy) is 1. The quantitative estimate of drug-likeness (QED) is 0.630. The number of hydrogen-bond donors (Lipinski definition) is 1. The third-order valence-corrected chi connectivity index (χ3v) is 1.98.